The van der Waals surface area contributed by atoms with Gasteiger partial charge in [-0.2, -0.15) is 0 Å². The highest BCUT2D eigenvalue weighted by Gasteiger charge is 2.28. The minimum atomic E-state index is 0.0747. The van der Waals surface area contributed by atoms with Crippen LogP contribution in [0.3, 0.4) is 0 Å². The number of ether oxygens (including phenoxy) is 3. The molecule has 2 aliphatic rings. The molecule has 1 atom stereocenters. The van der Waals surface area contributed by atoms with E-state index in [2.05, 4.69) is 28.0 Å². The molecule has 0 aromatic heterocycles. The molecule has 2 aromatic rings. The first-order valence-corrected chi connectivity index (χ1v) is 10.2. The van der Waals surface area contributed by atoms with Crippen LogP contribution in [-0.4, -0.2) is 58.5 Å². The zero-order valence-electron chi connectivity index (χ0n) is 16.5. The zero-order chi connectivity index (χ0) is 19.5. The number of hydrogen-bond donors (Lipinski definition) is 0. The highest BCUT2D eigenvalue weighted by atomic mass is 35.5. The number of nitrogens with zero attached hydrogens (tertiary/aromatic N) is 2. The van der Waals surface area contributed by atoms with Crippen molar-refractivity contribution in [2.45, 2.75) is 12.5 Å². The van der Waals surface area contributed by atoms with Crippen molar-refractivity contribution in [2.24, 2.45) is 0 Å². The molecule has 0 bridgehead atoms. The Morgan fingerprint density at radius 1 is 1.00 bits per heavy atom. The summed E-state index contributed by atoms with van der Waals surface area (Å²) in [5.74, 6) is 1.64. The topological polar surface area (TPSA) is 34.2 Å². The van der Waals surface area contributed by atoms with Crippen LogP contribution in [0, 0.1) is 0 Å². The summed E-state index contributed by atoms with van der Waals surface area (Å²) in [5.41, 5.74) is 3.68. The molecule has 4 rings (SSSR count). The first-order valence-electron chi connectivity index (χ1n) is 9.78. The summed E-state index contributed by atoms with van der Waals surface area (Å²) in [6.45, 7) is 5.67. The number of piperazine rings is 1. The molecular formula is C22H27ClN2O3. The molecule has 0 spiro atoms. The van der Waals surface area contributed by atoms with E-state index in [-0.39, 0.29) is 6.10 Å². The Balaban J connectivity index is 1.42. The highest BCUT2D eigenvalue weighted by Crippen LogP contribution is 2.39. The maximum absolute atomic E-state index is 6.14. The standard InChI is InChI=1S/C22H27ClN2O3/c1-26-20-8-7-18-19(22(20)27-2)9-14-28-21(18)15-24-10-12-25(13-11-24)17-5-3-16(23)4-6-17/h3-8,21H,9-15H2,1-2H3. The van der Waals surface area contributed by atoms with Gasteiger partial charge in [0.1, 0.15) is 0 Å². The fourth-order valence-electron chi connectivity index (χ4n) is 4.18. The summed E-state index contributed by atoms with van der Waals surface area (Å²) in [5, 5.41) is 0.780. The van der Waals surface area contributed by atoms with Crippen LogP contribution in [-0.2, 0) is 11.2 Å². The molecule has 28 heavy (non-hydrogen) atoms. The van der Waals surface area contributed by atoms with Crippen molar-refractivity contribution in [3.05, 3.63) is 52.5 Å². The molecule has 1 saturated heterocycles. The normalized spacial score (nSPS) is 20.0. The van der Waals surface area contributed by atoms with Gasteiger partial charge in [0, 0.05) is 49.0 Å². The summed E-state index contributed by atoms with van der Waals surface area (Å²) in [7, 11) is 3.39. The minimum Gasteiger partial charge on any atom is -0.493 e. The Morgan fingerprint density at radius 2 is 1.75 bits per heavy atom. The van der Waals surface area contributed by atoms with E-state index in [0.29, 0.717) is 6.61 Å². The molecule has 0 aliphatic carbocycles. The summed E-state index contributed by atoms with van der Waals surface area (Å²) in [4.78, 5) is 4.90. The average Bonchev–Trinajstić information content (AvgIpc) is 2.74. The van der Waals surface area contributed by atoms with Gasteiger partial charge in [-0.25, -0.2) is 0 Å². The number of anilines is 1. The van der Waals surface area contributed by atoms with Crippen LogP contribution in [0.5, 0.6) is 11.5 Å². The van der Waals surface area contributed by atoms with Gasteiger partial charge in [0.2, 0.25) is 0 Å². The molecule has 6 heteroatoms. The Labute approximate surface area is 171 Å². The third-order valence-electron chi connectivity index (χ3n) is 5.69. The monoisotopic (exact) mass is 402 g/mol. The fraction of sp³-hybridized carbons (Fsp3) is 0.455. The molecule has 2 heterocycles. The van der Waals surface area contributed by atoms with Crippen molar-refractivity contribution in [1.29, 1.82) is 0 Å². The molecule has 1 unspecified atom stereocenters. The van der Waals surface area contributed by atoms with Crippen LogP contribution in [0.1, 0.15) is 17.2 Å². The van der Waals surface area contributed by atoms with Crippen molar-refractivity contribution in [2.75, 3.05) is 58.5 Å². The second kappa shape index (κ2) is 8.60. The van der Waals surface area contributed by atoms with Gasteiger partial charge in [0.05, 0.1) is 26.9 Å². The van der Waals surface area contributed by atoms with Crippen molar-refractivity contribution in [3.63, 3.8) is 0 Å². The largest absolute Gasteiger partial charge is 0.493 e. The highest BCUT2D eigenvalue weighted by molar-refractivity contribution is 6.30. The molecule has 2 aliphatic heterocycles. The van der Waals surface area contributed by atoms with Crippen molar-refractivity contribution in [3.8, 4) is 11.5 Å². The number of methoxy groups -OCH3 is 2. The van der Waals surface area contributed by atoms with Gasteiger partial charge in [-0.05, 0) is 42.3 Å². The Bertz CT molecular complexity index is 804. The van der Waals surface area contributed by atoms with E-state index < -0.39 is 0 Å². The quantitative estimate of drug-likeness (QED) is 0.760. The molecule has 0 saturated carbocycles. The Morgan fingerprint density at radius 3 is 2.43 bits per heavy atom. The molecule has 0 amide bonds. The molecule has 0 radical (unpaired) electrons. The van der Waals surface area contributed by atoms with Crippen LogP contribution in [0.15, 0.2) is 36.4 Å². The molecule has 0 N–H and O–H groups in total. The van der Waals surface area contributed by atoms with Gasteiger partial charge in [-0.1, -0.05) is 17.7 Å². The van der Waals surface area contributed by atoms with E-state index in [1.807, 2.05) is 18.2 Å². The third kappa shape index (κ3) is 3.93. The maximum Gasteiger partial charge on any atom is 0.164 e. The lowest BCUT2D eigenvalue weighted by atomic mass is 9.95. The number of rotatable bonds is 5. The van der Waals surface area contributed by atoms with Gasteiger partial charge in [-0.15, -0.1) is 0 Å². The number of hydrogen-bond acceptors (Lipinski definition) is 5. The number of halogens is 1. The molecule has 150 valence electrons. The van der Waals surface area contributed by atoms with Gasteiger partial charge < -0.3 is 19.1 Å². The predicted molar refractivity (Wildman–Crippen MR) is 112 cm³/mol. The summed E-state index contributed by atoms with van der Waals surface area (Å²) in [6, 6.07) is 12.2. The first-order chi connectivity index (χ1) is 13.7. The minimum absolute atomic E-state index is 0.0747. The van der Waals surface area contributed by atoms with Gasteiger partial charge >= 0.3 is 0 Å². The summed E-state index contributed by atoms with van der Waals surface area (Å²) in [6.07, 6.45) is 0.932. The van der Waals surface area contributed by atoms with Crippen LogP contribution in [0.25, 0.3) is 0 Å². The van der Waals surface area contributed by atoms with E-state index >= 15 is 0 Å². The van der Waals surface area contributed by atoms with Gasteiger partial charge in [0.15, 0.2) is 11.5 Å². The van der Waals surface area contributed by atoms with Crippen molar-refractivity contribution < 1.29 is 14.2 Å². The zero-order valence-corrected chi connectivity index (χ0v) is 17.2. The molecule has 1 fully saturated rings. The SMILES string of the molecule is COc1ccc2c(c1OC)CCOC2CN1CCN(c2ccc(Cl)cc2)CC1. The maximum atomic E-state index is 6.14. The smallest absolute Gasteiger partial charge is 0.164 e. The molecular weight excluding hydrogens is 376 g/mol. The van der Waals surface area contributed by atoms with Crippen molar-refractivity contribution >= 4 is 17.3 Å². The predicted octanol–water partition coefficient (Wildman–Crippen LogP) is 3.79. The number of fused-ring (bicyclic) bond motifs is 1. The van der Waals surface area contributed by atoms with E-state index in [1.54, 1.807) is 14.2 Å². The fourth-order valence-corrected chi connectivity index (χ4v) is 4.31. The Hall–Kier alpha value is -1.95. The Kier molecular flexibility index (Phi) is 5.95. The van der Waals surface area contributed by atoms with Gasteiger partial charge in [0.25, 0.3) is 0 Å². The lowest BCUT2D eigenvalue weighted by molar-refractivity contribution is 0.0142. The van der Waals surface area contributed by atoms with E-state index in [9.17, 15) is 0 Å². The second-order valence-electron chi connectivity index (χ2n) is 7.24. The van der Waals surface area contributed by atoms with Crippen molar-refractivity contribution in [1.82, 2.24) is 4.90 Å². The lowest BCUT2D eigenvalue weighted by Crippen LogP contribution is -2.48. The summed E-state index contributed by atoms with van der Waals surface area (Å²) < 4.78 is 17.2. The van der Waals surface area contributed by atoms with E-state index in [0.717, 1.165) is 55.7 Å². The molecule has 2 aromatic carbocycles. The average molecular weight is 403 g/mol. The third-order valence-corrected chi connectivity index (χ3v) is 5.94. The van der Waals surface area contributed by atoms with Crippen LogP contribution >= 0.6 is 11.6 Å². The molecule has 5 nitrogen and oxygen atoms in total. The summed E-state index contributed by atoms with van der Waals surface area (Å²) >= 11 is 6.01. The van der Waals surface area contributed by atoms with Crippen LogP contribution < -0.4 is 14.4 Å². The van der Waals surface area contributed by atoms with E-state index in [4.69, 9.17) is 25.8 Å². The first kappa shape index (κ1) is 19.4. The van der Waals surface area contributed by atoms with Gasteiger partial charge in [-0.3, -0.25) is 4.90 Å². The van der Waals surface area contributed by atoms with Crippen LogP contribution in [0.2, 0.25) is 5.02 Å². The van der Waals surface area contributed by atoms with Crippen LogP contribution in [0.4, 0.5) is 5.69 Å². The number of benzene rings is 2. The second-order valence-corrected chi connectivity index (χ2v) is 7.68. The van der Waals surface area contributed by atoms with E-state index in [1.165, 1.54) is 16.8 Å². The lowest BCUT2D eigenvalue weighted by Gasteiger charge is -2.38.